The normalized spacial score (nSPS) is 12.3. The Balaban J connectivity index is 0.000000157. The number of hydrogen-bond donors (Lipinski definition) is 3. The second-order valence-corrected chi connectivity index (χ2v) is 11.7. The molecule has 8 rings (SSSR count). The molecule has 6 aromatic rings. The molecule has 2 aliphatic rings. The summed E-state index contributed by atoms with van der Waals surface area (Å²) in [5.41, 5.74) is 9.14. The van der Waals surface area contributed by atoms with E-state index >= 15 is 0 Å². The number of rotatable bonds is 7. The highest BCUT2D eigenvalue weighted by Gasteiger charge is 2.30. The summed E-state index contributed by atoms with van der Waals surface area (Å²) in [4.78, 5) is 41.7. The van der Waals surface area contributed by atoms with E-state index in [9.17, 15) is 14.7 Å². The Bertz CT molecular complexity index is 2210. The number of carboxylic acids is 1. The molecule has 0 radical (unpaired) electrons. The molecular weight excluding hydrogens is 636 g/mol. The molecule has 14 heteroatoms. The Morgan fingerprint density at radius 1 is 0.720 bits per heavy atom. The molecule has 2 aromatic carbocycles. The summed E-state index contributed by atoms with van der Waals surface area (Å²) in [5.74, 6) is -0.399. The molecule has 50 heavy (non-hydrogen) atoms. The first-order valence-corrected chi connectivity index (χ1v) is 16.2. The number of ether oxygens (including phenoxy) is 1. The minimum Gasteiger partial charge on any atom is -0.476 e. The van der Waals surface area contributed by atoms with Crippen molar-refractivity contribution in [3.05, 3.63) is 107 Å². The van der Waals surface area contributed by atoms with Gasteiger partial charge in [0.15, 0.2) is 11.4 Å². The number of nitrogens with one attached hydrogen (secondary N) is 2. The Kier molecular flexibility index (Phi) is 8.73. The van der Waals surface area contributed by atoms with Gasteiger partial charge < -0.3 is 20.5 Å². The summed E-state index contributed by atoms with van der Waals surface area (Å²) in [5, 5.41) is 24.2. The van der Waals surface area contributed by atoms with Gasteiger partial charge in [0.25, 0.3) is 0 Å². The van der Waals surface area contributed by atoms with Crippen molar-refractivity contribution in [2.45, 2.75) is 32.6 Å². The average molecular weight is 671 g/mol. The molecule has 3 N–H and O–H groups in total. The maximum atomic E-state index is 12.2. The fraction of sp³-hybridized carbons (Fsp3) is 0.222. The molecule has 0 spiro atoms. The van der Waals surface area contributed by atoms with Crippen LogP contribution in [0.3, 0.4) is 0 Å². The maximum absolute atomic E-state index is 12.2. The zero-order chi connectivity index (χ0) is 34.8. The lowest BCUT2D eigenvalue weighted by atomic mass is 9.93. The van der Waals surface area contributed by atoms with Gasteiger partial charge >= 0.3 is 11.9 Å². The SMILES string of the molecule is CCOC(=O)c1nn(C)c2c1CCc1cnc(Nc3ccccc3)nc1-2.Cn1nc(C(=O)O)c2c1-c1nc(Nc3ccccc3)ncc1CC2. The number of carbonyl (C=O) groups excluding carboxylic acids is 1. The van der Waals surface area contributed by atoms with Crippen LogP contribution in [0, 0.1) is 0 Å². The lowest BCUT2D eigenvalue weighted by Crippen LogP contribution is -2.12. The summed E-state index contributed by atoms with van der Waals surface area (Å²) in [6, 6.07) is 19.4. The van der Waals surface area contributed by atoms with Gasteiger partial charge in [-0.05, 0) is 68.0 Å². The number of para-hydroxylation sites is 2. The monoisotopic (exact) mass is 670 g/mol. The van der Waals surface area contributed by atoms with Crippen molar-refractivity contribution in [3.63, 3.8) is 0 Å². The van der Waals surface area contributed by atoms with Crippen LogP contribution in [0.4, 0.5) is 23.3 Å². The lowest BCUT2D eigenvalue weighted by Gasteiger charge is -2.17. The van der Waals surface area contributed by atoms with Crippen LogP contribution >= 0.6 is 0 Å². The predicted octanol–water partition coefficient (Wildman–Crippen LogP) is 5.31. The van der Waals surface area contributed by atoms with E-state index in [1.165, 1.54) is 0 Å². The second-order valence-electron chi connectivity index (χ2n) is 11.7. The fourth-order valence-electron chi connectivity index (χ4n) is 6.27. The van der Waals surface area contributed by atoms with Crippen molar-refractivity contribution in [3.8, 4) is 22.8 Å². The number of aromatic nitrogens is 8. The van der Waals surface area contributed by atoms with E-state index in [1.807, 2.05) is 73.9 Å². The molecule has 0 amide bonds. The van der Waals surface area contributed by atoms with Crippen molar-refractivity contribution < 1.29 is 19.4 Å². The van der Waals surface area contributed by atoms with Crippen molar-refractivity contribution in [1.29, 1.82) is 0 Å². The van der Waals surface area contributed by atoms with E-state index < -0.39 is 5.97 Å². The second kappa shape index (κ2) is 13.6. The number of benzene rings is 2. The molecule has 4 aromatic heterocycles. The molecule has 252 valence electrons. The molecule has 2 aliphatic carbocycles. The van der Waals surface area contributed by atoms with Crippen LogP contribution in [0.2, 0.25) is 0 Å². The van der Waals surface area contributed by atoms with Gasteiger partial charge in [0.1, 0.15) is 0 Å². The van der Waals surface area contributed by atoms with Crippen molar-refractivity contribution in [1.82, 2.24) is 39.5 Å². The number of anilines is 4. The van der Waals surface area contributed by atoms with Crippen LogP contribution < -0.4 is 10.6 Å². The van der Waals surface area contributed by atoms with Gasteiger partial charge in [-0.3, -0.25) is 9.36 Å². The quantitative estimate of drug-likeness (QED) is 0.187. The third-order valence-electron chi connectivity index (χ3n) is 8.49. The fourth-order valence-corrected chi connectivity index (χ4v) is 6.27. The van der Waals surface area contributed by atoms with Gasteiger partial charge in [0.05, 0.1) is 29.4 Å². The number of nitrogens with zero attached hydrogens (tertiary/aromatic N) is 8. The number of carbonyl (C=O) groups is 2. The largest absolute Gasteiger partial charge is 0.476 e. The number of aryl methyl sites for hydroxylation is 4. The van der Waals surface area contributed by atoms with E-state index in [0.717, 1.165) is 69.2 Å². The summed E-state index contributed by atoms with van der Waals surface area (Å²) in [6.07, 6.45) is 6.47. The van der Waals surface area contributed by atoms with E-state index in [-0.39, 0.29) is 11.7 Å². The summed E-state index contributed by atoms with van der Waals surface area (Å²) in [7, 11) is 3.57. The van der Waals surface area contributed by atoms with Gasteiger partial charge in [0.2, 0.25) is 11.9 Å². The van der Waals surface area contributed by atoms with Crippen LogP contribution in [0.1, 0.15) is 50.2 Å². The Morgan fingerprint density at radius 2 is 1.18 bits per heavy atom. The molecular formula is C36H34N10O4. The average Bonchev–Trinajstić information content (AvgIpc) is 3.66. The molecule has 4 heterocycles. The molecule has 0 bridgehead atoms. The van der Waals surface area contributed by atoms with Crippen LogP contribution in [0.15, 0.2) is 73.1 Å². The van der Waals surface area contributed by atoms with E-state index in [4.69, 9.17) is 9.72 Å². The topological polar surface area (TPSA) is 175 Å². The number of aromatic carboxylic acids is 1. The molecule has 0 fully saturated rings. The van der Waals surface area contributed by atoms with Crippen molar-refractivity contribution in [2.75, 3.05) is 17.2 Å². The van der Waals surface area contributed by atoms with Crippen LogP contribution in [0.5, 0.6) is 0 Å². The Morgan fingerprint density at radius 3 is 1.64 bits per heavy atom. The molecule has 0 atom stereocenters. The predicted molar refractivity (Wildman–Crippen MR) is 186 cm³/mol. The summed E-state index contributed by atoms with van der Waals surface area (Å²) < 4.78 is 8.44. The lowest BCUT2D eigenvalue weighted by molar-refractivity contribution is 0.0516. The number of carboxylic acid groups (broad SMARTS) is 1. The molecule has 0 saturated heterocycles. The molecule has 0 aliphatic heterocycles. The molecule has 0 unspecified atom stereocenters. The Hall–Kier alpha value is -6.44. The molecule has 0 saturated carbocycles. The first-order chi connectivity index (χ1) is 24.3. The minimum atomic E-state index is -1.01. The number of hydrogen-bond acceptors (Lipinski definition) is 11. The summed E-state index contributed by atoms with van der Waals surface area (Å²) >= 11 is 0. The highest BCUT2D eigenvalue weighted by atomic mass is 16.5. The summed E-state index contributed by atoms with van der Waals surface area (Å²) in [6.45, 7) is 2.12. The molecule has 14 nitrogen and oxygen atoms in total. The van der Waals surface area contributed by atoms with Crippen molar-refractivity contribution >= 4 is 35.2 Å². The van der Waals surface area contributed by atoms with Crippen LogP contribution in [-0.2, 0) is 44.5 Å². The third kappa shape index (κ3) is 6.25. The highest BCUT2D eigenvalue weighted by Crippen LogP contribution is 2.35. The first kappa shape index (κ1) is 32.1. The maximum Gasteiger partial charge on any atom is 0.359 e. The number of fused-ring (bicyclic) bond motifs is 6. The zero-order valence-corrected chi connectivity index (χ0v) is 27.7. The Labute approximate surface area is 287 Å². The van der Waals surface area contributed by atoms with Crippen LogP contribution in [0.25, 0.3) is 22.8 Å². The van der Waals surface area contributed by atoms with Gasteiger partial charge in [-0.15, -0.1) is 0 Å². The van der Waals surface area contributed by atoms with Gasteiger partial charge in [-0.25, -0.2) is 29.5 Å². The van der Waals surface area contributed by atoms with Gasteiger partial charge in [-0.1, -0.05) is 36.4 Å². The van der Waals surface area contributed by atoms with E-state index in [1.54, 1.807) is 29.5 Å². The van der Waals surface area contributed by atoms with Gasteiger partial charge in [-0.2, -0.15) is 10.2 Å². The van der Waals surface area contributed by atoms with Gasteiger partial charge in [0, 0.05) is 49.0 Å². The van der Waals surface area contributed by atoms with Crippen LogP contribution in [-0.4, -0.2) is 63.1 Å². The number of esters is 1. The zero-order valence-electron chi connectivity index (χ0n) is 27.7. The third-order valence-corrected chi connectivity index (χ3v) is 8.49. The minimum absolute atomic E-state index is 0.106. The van der Waals surface area contributed by atoms with Crippen molar-refractivity contribution in [2.24, 2.45) is 14.1 Å². The van der Waals surface area contributed by atoms with E-state index in [0.29, 0.717) is 37.0 Å². The first-order valence-electron chi connectivity index (χ1n) is 16.2. The smallest absolute Gasteiger partial charge is 0.359 e. The van der Waals surface area contributed by atoms with E-state index in [2.05, 4.69) is 35.8 Å². The standard InChI is InChI=1S/C19H19N5O2.C17H15N5O2/c1-3-26-18(25)16-14-10-9-12-11-20-19(21-13-7-5-4-6-8-13)22-15(12)17(14)24(2)23-16;1-22-15-12(14(21-22)16(23)24)8-7-10-9-18-17(20-13(10)15)19-11-5-3-2-4-6-11/h4-8,11H,3,9-10H2,1-2H3,(H,20,21,22);2-6,9H,7-8H2,1H3,(H,23,24)(H,18,19,20). The highest BCUT2D eigenvalue weighted by molar-refractivity contribution is 5.92.